The lowest BCUT2D eigenvalue weighted by molar-refractivity contribution is 0.0991. The van der Waals surface area contributed by atoms with Gasteiger partial charge in [0, 0.05) is 12.0 Å². The monoisotopic (exact) mass is 218 g/mol. The minimum Gasteiger partial charge on any atom is -0.293 e. The smallest absolute Gasteiger partial charge is 0.173 e. The molecule has 1 rings (SSSR count). The van der Waals surface area contributed by atoms with E-state index in [0.29, 0.717) is 6.42 Å². The van der Waals surface area contributed by atoms with Gasteiger partial charge in [0.05, 0.1) is 4.88 Å². The van der Waals surface area contributed by atoms with E-state index >= 15 is 0 Å². The fraction of sp³-hybridized carbons (Fsp3) is 0.500. The molecule has 0 atom stereocenters. The molecule has 0 aliphatic heterocycles. The summed E-state index contributed by atoms with van der Waals surface area (Å²) in [7, 11) is 3.06. The maximum Gasteiger partial charge on any atom is 0.173 e. The molecule has 0 aromatic carbocycles. The highest BCUT2D eigenvalue weighted by molar-refractivity contribution is 7.79. The number of hydrogen-bond donors (Lipinski definition) is 0. The molecule has 0 spiro atoms. The number of carbonyl (C=O) groups is 1. The maximum atomic E-state index is 11.4. The molecule has 1 heterocycles. The van der Waals surface area contributed by atoms with E-state index in [4.69, 9.17) is 12.2 Å². The quantitative estimate of drug-likeness (QED) is 0.437. The van der Waals surface area contributed by atoms with Gasteiger partial charge in [-0.25, -0.2) is 0 Å². The Morgan fingerprint density at radius 1 is 1.42 bits per heavy atom. The summed E-state index contributed by atoms with van der Waals surface area (Å²) in [5.41, 5.74) is 1.08. The van der Waals surface area contributed by atoms with Crippen LogP contribution in [0.3, 0.4) is 0 Å². The Balaban J connectivity index is 3.16. The van der Waals surface area contributed by atoms with Crippen LogP contribution in [0, 0.1) is 3.82 Å². The Kier molecular flexibility index (Phi) is 3.55. The Morgan fingerprint density at radius 3 is 2.58 bits per heavy atom. The molecule has 1 nitrogen and oxygen atoms in total. The van der Waals surface area contributed by atoms with Gasteiger partial charge in [-0.1, -0.05) is 46.7 Å². The molecule has 1 aromatic heterocycles. The van der Waals surface area contributed by atoms with Crippen molar-refractivity contribution < 1.29 is 4.79 Å². The van der Waals surface area contributed by atoms with Crippen LogP contribution in [0.25, 0.3) is 0 Å². The second-order valence-corrected chi connectivity index (χ2v) is 5.21. The van der Waals surface area contributed by atoms with Crippen LogP contribution in [0.2, 0.25) is 0 Å². The first-order valence-electron chi connectivity index (χ1n) is 3.85. The summed E-state index contributed by atoms with van der Waals surface area (Å²) in [4.78, 5) is 12.3. The Labute approximate surface area is 84.4 Å². The number of carbonyl (C=O) groups excluding carboxylic acids is 1. The van der Waals surface area contributed by atoms with E-state index in [2.05, 4.69) is 0 Å². The van der Waals surface area contributed by atoms with Gasteiger partial charge < -0.3 is 0 Å². The van der Waals surface area contributed by atoms with Crippen LogP contribution in [-0.4, -0.2) is 5.78 Å². The van der Waals surface area contributed by atoms with Crippen LogP contribution in [0.4, 0.5) is 0 Å². The first kappa shape index (κ1) is 10.0. The Bertz CT molecular complexity index is 334. The summed E-state index contributed by atoms with van der Waals surface area (Å²) in [5.74, 6) is 0.226. The second kappa shape index (κ2) is 4.25. The SMILES string of the molecule is CCC(=O)c1ssc(=S)c1CC. The minimum absolute atomic E-state index is 0.226. The third kappa shape index (κ3) is 1.81. The molecular weight excluding hydrogens is 208 g/mol. The summed E-state index contributed by atoms with van der Waals surface area (Å²) in [6.45, 7) is 3.92. The van der Waals surface area contributed by atoms with E-state index in [1.54, 1.807) is 0 Å². The predicted octanol–water partition coefficient (Wildman–Crippen LogP) is 3.69. The highest BCUT2D eigenvalue weighted by atomic mass is 32.9. The van der Waals surface area contributed by atoms with Gasteiger partial charge in [0.1, 0.15) is 3.82 Å². The van der Waals surface area contributed by atoms with Crippen LogP contribution in [0.1, 0.15) is 35.5 Å². The lowest BCUT2D eigenvalue weighted by atomic mass is 10.1. The number of ketones is 1. The molecule has 66 valence electrons. The van der Waals surface area contributed by atoms with Crippen LogP contribution in [0.5, 0.6) is 0 Å². The molecule has 4 heteroatoms. The van der Waals surface area contributed by atoms with Crippen molar-refractivity contribution in [3.05, 3.63) is 14.3 Å². The van der Waals surface area contributed by atoms with Crippen molar-refractivity contribution in [1.82, 2.24) is 0 Å². The van der Waals surface area contributed by atoms with E-state index in [0.717, 1.165) is 20.7 Å². The largest absolute Gasteiger partial charge is 0.293 e. The van der Waals surface area contributed by atoms with E-state index in [-0.39, 0.29) is 5.78 Å². The standard InChI is InChI=1S/C8H10OS3/c1-3-5-7(6(9)4-2)11-12-8(5)10/h3-4H2,1-2H3. The second-order valence-electron chi connectivity index (χ2n) is 2.39. The zero-order valence-electron chi connectivity index (χ0n) is 7.05. The number of hydrogen-bond acceptors (Lipinski definition) is 4. The molecule has 12 heavy (non-hydrogen) atoms. The van der Waals surface area contributed by atoms with Gasteiger partial charge >= 0.3 is 0 Å². The topological polar surface area (TPSA) is 17.1 Å². The van der Waals surface area contributed by atoms with E-state index in [1.165, 1.54) is 20.7 Å². The number of rotatable bonds is 3. The van der Waals surface area contributed by atoms with Gasteiger partial charge in [0.2, 0.25) is 0 Å². The van der Waals surface area contributed by atoms with Crippen LogP contribution in [-0.2, 0) is 6.42 Å². The van der Waals surface area contributed by atoms with Gasteiger partial charge in [0.15, 0.2) is 5.78 Å². The molecular formula is C8H10OS3. The highest BCUT2D eigenvalue weighted by Gasteiger charge is 2.12. The third-order valence-corrected chi connectivity index (χ3v) is 4.83. The summed E-state index contributed by atoms with van der Waals surface area (Å²) < 4.78 is 0.888. The molecule has 0 saturated heterocycles. The normalized spacial score (nSPS) is 10.2. The fourth-order valence-corrected chi connectivity index (χ4v) is 4.08. The zero-order valence-corrected chi connectivity index (χ0v) is 9.50. The van der Waals surface area contributed by atoms with E-state index in [1.807, 2.05) is 13.8 Å². The van der Waals surface area contributed by atoms with Crippen molar-refractivity contribution in [3.8, 4) is 0 Å². The molecule has 0 fully saturated rings. The van der Waals surface area contributed by atoms with Crippen molar-refractivity contribution in [3.63, 3.8) is 0 Å². The van der Waals surface area contributed by atoms with Gasteiger partial charge in [-0.3, -0.25) is 4.79 Å². The Hall–Kier alpha value is -0.0600. The van der Waals surface area contributed by atoms with Gasteiger partial charge in [-0.2, -0.15) is 0 Å². The van der Waals surface area contributed by atoms with Gasteiger partial charge in [0.25, 0.3) is 0 Å². The predicted molar refractivity (Wildman–Crippen MR) is 57.0 cm³/mol. The van der Waals surface area contributed by atoms with Crippen LogP contribution in [0.15, 0.2) is 0 Å². The highest BCUT2D eigenvalue weighted by Crippen LogP contribution is 2.26. The average Bonchev–Trinajstić information content (AvgIpc) is 2.45. The lowest BCUT2D eigenvalue weighted by Crippen LogP contribution is -1.96. The summed E-state index contributed by atoms with van der Waals surface area (Å²) in [6.07, 6.45) is 1.45. The molecule has 0 bridgehead atoms. The van der Waals surface area contributed by atoms with Crippen LogP contribution >= 0.6 is 32.9 Å². The molecule has 0 unspecified atom stereocenters. The van der Waals surface area contributed by atoms with Crippen molar-refractivity contribution in [2.45, 2.75) is 26.7 Å². The minimum atomic E-state index is 0.226. The number of Topliss-reactive ketones (excluding diaryl/α,β-unsaturated/α-hetero) is 1. The summed E-state index contributed by atoms with van der Waals surface area (Å²) >= 11 is 5.12. The third-order valence-electron chi connectivity index (χ3n) is 1.65. The first-order valence-corrected chi connectivity index (χ1v) is 6.41. The Morgan fingerprint density at radius 2 is 2.08 bits per heavy atom. The van der Waals surface area contributed by atoms with Gasteiger partial charge in [-0.15, -0.1) is 0 Å². The van der Waals surface area contributed by atoms with Crippen LogP contribution < -0.4 is 0 Å². The molecule has 0 aliphatic rings. The molecule has 0 amide bonds. The summed E-state index contributed by atoms with van der Waals surface area (Å²) in [5, 5.41) is 0. The molecule has 0 N–H and O–H groups in total. The van der Waals surface area contributed by atoms with Gasteiger partial charge in [-0.05, 0) is 6.42 Å². The van der Waals surface area contributed by atoms with E-state index < -0.39 is 0 Å². The first-order chi connectivity index (χ1) is 5.70. The average molecular weight is 218 g/mol. The van der Waals surface area contributed by atoms with Crippen molar-refractivity contribution in [2.75, 3.05) is 0 Å². The molecule has 1 aromatic rings. The summed E-state index contributed by atoms with van der Waals surface area (Å²) in [6, 6.07) is 0. The molecule has 0 saturated carbocycles. The van der Waals surface area contributed by atoms with E-state index in [9.17, 15) is 4.79 Å². The maximum absolute atomic E-state index is 11.4. The lowest BCUT2D eigenvalue weighted by Gasteiger charge is -1.95. The molecule has 0 aliphatic carbocycles. The van der Waals surface area contributed by atoms with Crippen molar-refractivity contribution in [1.29, 1.82) is 0 Å². The fourth-order valence-electron chi connectivity index (χ4n) is 0.953. The zero-order chi connectivity index (χ0) is 9.14. The molecule has 0 radical (unpaired) electrons. The van der Waals surface area contributed by atoms with Crippen molar-refractivity contribution in [2.24, 2.45) is 0 Å². The van der Waals surface area contributed by atoms with Crippen molar-refractivity contribution >= 4 is 38.7 Å².